The van der Waals surface area contributed by atoms with Crippen LogP contribution in [0.15, 0.2) is 36.4 Å². The Morgan fingerprint density at radius 1 is 0.929 bits per heavy atom. The van der Waals surface area contributed by atoms with Crippen molar-refractivity contribution in [2.24, 2.45) is 0 Å². The maximum Gasteiger partial charge on any atom is 0.255 e. The van der Waals surface area contributed by atoms with Gasteiger partial charge in [-0.05, 0) is 49.2 Å². The Morgan fingerprint density at radius 2 is 1.71 bits per heavy atom. The van der Waals surface area contributed by atoms with Crippen LogP contribution in [-0.2, 0) is 4.74 Å². The Bertz CT molecular complexity index is 776. The quantitative estimate of drug-likeness (QED) is 0.577. The molecular formula is C22H29NO5. The number of amides is 1. The minimum atomic E-state index is -0.251. The van der Waals surface area contributed by atoms with Crippen molar-refractivity contribution >= 4 is 11.6 Å². The Morgan fingerprint density at radius 3 is 2.43 bits per heavy atom. The first-order valence-corrected chi connectivity index (χ1v) is 9.43. The Balaban J connectivity index is 2.14. The van der Waals surface area contributed by atoms with Gasteiger partial charge in [0.05, 0.1) is 26.0 Å². The lowest BCUT2D eigenvalue weighted by Gasteiger charge is -2.14. The molecule has 6 heteroatoms. The lowest BCUT2D eigenvalue weighted by molar-refractivity contribution is 0.102. The molecule has 0 aliphatic carbocycles. The normalized spacial score (nSPS) is 10.4. The number of methoxy groups -OCH3 is 2. The molecule has 0 aromatic heterocycles. The molecular weight excluding hydrogens is 358 g/mol. The third-order valence-electron chi connectivity index (χ3n) is 4.11. The van der Waals surface area contributed by atoms with Crippen LogP contribution in [0, 0.1) is 6.92 Å². The second kappa shape index (κ2) is 11.2. The first-order chi connectivity index (χ1) is 13.6. The predicted molar refractivity (Wildman–Crippen MR) is 110 cm³/mol. The van der Waals surface area contributed by atoms with Crippen LogP contribution in [0.3, 0.4) is 0 Å². The van der Waals surface area contributed by atoms with E-state index in [1.165, 1.54) is 0 Å². The number of hydrogen-bond donors (Lipinski definition) is 1. The Kier molecular flexibility index (Phi) is 8.62. The summed E-state index contributed by atoms with van der Waals surface area (Å²) in [7, 11) is 3.18. The first-order valence-electron chi connectivity index (χ1n) is 9.43. The van der Waals surface area contributed by atoms with Gasteiger partial charge in [-0.1, -0.05) is 19.4 Å². The van der Waals surface area contributed by atoms with Crippen LogP contribution in [0.4, 0.5) is 5.69 Å². The van der Waals surface area contributed by atoms with Gasteiger partial charge in [0.15, 0.2) is 11.5 Å². The summed E-state index contributed by atoms with van der Waals surface area (Å²) in [4.78, 5) is 12.7. The average Bonchev–Trinajstić information content (AvgIpc) is 2.70. The third kappa shape index (κ3) is 6.16. The molecule has 0 aliphatic rings. The molecule has 6 nitrogen and oxygen atoms in total. The summed E-state index contributed by atoms with van der Waals surface area (Å²) in [5.41, 5.74) is 2.12. The maximum atomic E-state index is 12.7. The monoisotopic (exact) mass is 387 g/mol. The number of ether oxygens (including phenoxy) is 4. The minimum Gasteiger partial charge on any atom is -0.493 e. The van der Waals surface area contributed by atoms with E-state index in [1.54, 1.807) is 32.4 Å². The molecule has 0 saturated heterocycles. The molecule has 0 heterocycles. The van der Waals surface area contributed by atoms with Crippen LogP contribution >= 0.6 is 0 Å². The van der Waals surface area contributed by atoms with Crippen molar-refractivity contribution in [3.05, 3.63) is 47.5 Å². The second-order valence-corrected chi connectivity index (χ2v) is 6.36. The van der Waals surface area contributed by atoms with Gasteiger partial charge in [-0.2, -0.15) is 0 Å². The van der Waals surface area contributed by atoms with Gasteiger partial charge in [0.25, 0.3) is 5.91 Å². The van der Waals surface area contributed by atoms with E-state index < -0.39 is 0 Å². The molecule has 152 valence electrons. The Hall–Kier alpha value is -2.73. The van der Waals surface area contributed by atoms with Crippen LogP contribution < -0.4 is 19.5 Å². The number of unbranched alkanes of at least 4 members (excludes halogenated alkanes) is 1. The van der Waals surface area contributed by atoms with E-state index in [4.69, 9.17) is 18.9 Å². The molecule has 1 amide bonds. The predicted octanol–water partition coefficient (Wildman–Crippen LogP) is 4.46. The molecule has 2 rings (SSSR count). The fourth-order valence-corrected chi connectivity index (χ4v) is 2.54. The van der Waals surface area contributed by atoms with E-state index in [9.17, 15) is 4.79 Å². The topological polar surface area (TPSA) is 66.0 Å². The average molecular weight is 387 g/mol. The van der Waals surface area contributed by atoms with Crippen LogP contribution in [0.5, 0.6) is 17.2 Å². The van der Waals surface area contributed by atoms with E-state index >= 15 is 0 Å². The zero-order chi connectivity index (χ0) is 20.4. The highest BCUT2D eigenvalue weighted by Crippen LogP contribution is 2.30. The van der Waals surface area contributed by atoms with Crippen LogP contribution in [0.2, 0.25) is 0 Å². The van der Waals surface area contributed by atoms with Crippen molar-refractivity contribution in [3.8, 4) is 17.2 Å². The van der Waals surface area contributed by atoms with Crippen LogP contribution in [-0.4, -0.2) is 39.9 Å². The zero-order valence-corrected chi connectivity index (χ0v) is 17.0. The van der Waals surface area contributed by atoms with E-state index in [1.807, 2.05) is 25.1 Å². The summed E-state index contributed by atoms with van der Waals surface area (Å²) < 4.78 is 21.8. The standard InChI is InChI=1S/C22H29NO5/c1-5-6-11-27-19-10-8-17(15-21(19)26-4)22(24)23-18-9-7-16(2)14-20(18)28-13-12-25-3/h7-10,14-15H,5-6,11-13H2,1-4H3,(H,23,24). The summed E-state index contributed by atoms with van der Waals surface area (Å²) in [5.74, 6) is 1.52. The fraction of sp³-hybridized carbons (Fsp3) is 0.409. The number of benzene rings is 2. The van der Waals surface area contributed by atoms with Crippen LogP contribution in [0.1, 0.15) is 35.7 Å². The fourth-order valence-electron chi connectivity index (χ4n) is 2.54. The van der Waals surface area contributed by atoms with Gasteiger partial charge >= 0.3 is 0 Å². The lowest BCUT2D eigenvalue weighted by atomic mass is 10.1. The largest absolute Gasteiger partial charge is 0.493 e. The number of hydrogen-bond acceptors (Lipinski definition) is 5. The number of carbonyl (C=O) groups is 1. The van der Waals surface area contributed by atoms with Crippen molar-refractivity contribution in [3.63, 3.8) is 0 Å². The number of aryl methyl sites for hydroxylation is 1. The summed E-state index contributed by atoms with van der Waals surface area (Å²) >= 11 is 0. The summed E-state index contributed by atoms with van der Waals surface area (Å²) in [6, 6.07) is 10.8. The SMILES string of the molecule is CCCCOc1ccc(C(=O)Nc2ccc(C)cc2OCCOC)cc1OC. The van der Waals surface area contributed by atoms with Gasteiger partial charge in [-0.25, -0.2) is 0 Å². The van der Waals surface area contributed by atoms with Gasteiger partial charge in [0.1, 0.15) is 12.4 Å². The van der Waals surface area contributed by atoms with Crippen molar-refractivity contribution in [1.29, 1.82) is 0 Å². The molecule has 2 aromatic rings. The molecule has 0 saturated carbocycles. The number of anilines is 1. The highest BCUT2D eigenvalue weighted by atomic mass is 16.5. The van der Waals surface area contributed by atoms with Crippen molar-refractivity contribution in [2.75, 3.05) is 39.4 Å². The van der Waals surface area contributed by atoms with Gasteiger partial charge < -0.3 is 24.3 Å². The van der Waals surface area contributed by atoms with Gasteiger partial charge in [-0.15, -0.1) is 0 Å². The highest BCUT2D eigenvalue weighted by Gasteiger charge is 2.14. The Labute approximate surface area is 166 Å². The maximum absolute atomic E-state index is 12.7. The van der Waals surface area contributed by atoms with E-state index in [0.717, 1.165) is 18.4 Å². The number of carbonyl (C=O) groups excluding carboxylic acids is 1. The smallest absolute Gasteiger partial charge is 0.255 e. The van der Waals surface area contributed by atoms with E-state index in [2.05, 4.69) is 12.2 Å². The van der Waals surface area contributed by atoms with Gasteiger partial charge in [0, 0.05) is 12.7 Å². The summed E-state index contributed by atoms with van der Waals surface area (Å²) in [6.07, 6.45) is 2.01. The zero-order valence-electron chi connectivity index (χ0n) is 17.0. The number of nitrogens with one attached hydrogen (secondary N) is 1. The summed E-state index contributed by atoms with van der Waals surface area (Å²) in [6.45, 7) is 5.56. The molecule has 0 aliphatic heterocycles. The second-order valence-electron chi connectivity index (χ2n) is 6.36. The molecule has 0 fully saturated rings. The van der Waals surface area contributed by atoms with Crippen molar-refractivity contribution in [2.45, 2.75) is 26.7 Å². The van der Waals surface area contributed by atoms with E-state index in [0.29, 0.717) is 48.3 Å². The molecule has 0 atom stereocenters. The van der Waals surface area contributed by atoms with Crippen molar-refractivity contribution in [1.82, 2.24) is 0 Å². The molecule has 0 bridgehead atoms. The third-order valence-corrected chi connectivity index (χ3v) is 4.11. The van der Waals surface area contributed by atoms with E-state index in [-0.39, 0.29) is 5.91 Å². The molecule has 28 heavy (non-hydrogen) atoms. The molecule has 0 unspecified atom stereocenters. The minimum absolute atomic E-state index is 0.251. The molecule has 0 radical (unpaired) electrons. The number of rotatable bonds is 11. The molecule has 1 N–H and O–H groups in total. The van der Waals surface area contributed by atoms with Gasteiger partial charge in [-0.3, -0.25) is 4.79 Å². The summed E-state index contributed by atoms with van der Waals surface area (Å²) in [5, 5.41) is 2.90. The lowest BCUT2D eigenvalue weighted by Crippen LogP contribution is -2.14. The molecule has 0 spiro atoms. The highest BCUT2D eigenvalue weighted by molar-refractivity contribution is 6.05. The van der Waals surface area contributed by atoms with Crippen LogP contribution in [0.25, 0.3) is 0 Å². The van der Waals surface area contributed by atoms with Crippen molar-refractivity contribution < 1.29 is 23.7 Å². The molecule has 2 aromatic carbocycles. The first kappa shape index (κ1) is 21.6. The van der Waals surface area contributed by atoms with Gasteiger partial charge in [0.2, 0.25) is 0 Å².